The summed E-state index contributed by atoms with van der Waals surface area (Å²) < 4.78 is 21.6. The van der Waals surface area contributed by atoms with E-state index in [9.17, 15) is 19.2 Å². The minimum Gasteiger partial charge on any atom is -0.495 e. The van der Waals surface area contributed by atoms with E-state index in [2.05, 4.69) is 0 Å². The Bertz CT molecular complexity index is 924. The third-order valence-electron chi connectivity index (χ3n) is 5.32. The lowest BCUT2D eigenvalue weighted by atomic mass is 9.76. The van der Waals surface area contributed by atoms with E-state index in [1.165, 1.54) is 13.2 Å². The van der Waals surface area contributed by atoms with Gasteiger partial charge in [0.15, 0.2) is 5.60 Å². The molecular weight excluding hydrogens is 382 g/mol. The lowest BCUT2D eigenvalue weighted by molar-refractivity contribution is -0.226. The van der Waals surface area contributed by atoms with Crippen molar-refractivity contribution in [3.8, 4) is 5.75 Å². The molecule has 2 fully saturated rings. The number of nitrogens with zero attached hydrogens (tertiary/aromatic N) is 1. The number of carbonyl (C=O) groups excluding carboxylic acids is 4. The third kappa shape index (κ3) is 2.72. The van der Waals surface area contributed by atoms with Crippen molar-refractivity contribution in [2.24, 2.45) is 11.8 Å². The number of carbonyl (C=O) groups is 4. The predicted molar refractivity (Wildman–Crippen MR) is 96.5 cm³/mol. The van der Waals surface area contributed by atoms with Gasteiger partial charge in [0, 0.05) is 13.8 Å². The van der Waals surface area contributed by atoms with Crippen LogP contribution in [0.15, 0.2) is 36.4 Å². The van der Waals surface area contributed by atoms with Crippen molar-refractivity contribution in [3.05, 3.63) is 36.4 Å². The number of hydrogen-bond donors (Lipinski definition) is 0. The first-order chi connectivity index (χ1) is 13.8. The van der Waals surface area contributed by atoms with Gasteiger partial charge in [0.1, 0.15) is 5.75 Å². The van der Waals surface area contributed by atoms with Gasteiger partial charge in [0.2, 0.25) is 11.8 Å². The minimum absolute atomic E-state index is 0.311. The van der Waals surface area contributed by atoms with E-state index in [1.54, 1.807) is 30.3 Å². The summed E-state index contributed by atoms with van der Waals surface area (Å²) in [5, 5.41) is 0. The fourth-order valence-electron chi connectivity index (χ4n) is 4.27. The van der Waals surface area contributed by atoms with Gasteiger partial charge in [-0.15, -0.1) is 0 Å². The van der Waals surface area contributed by atoms with Crippen LogP contribution in [0.1, 0.15) is 13.8 Å². The molecule has 0 N–H and O–H groups in total. The zero-order valence-electron chi connectivity index (χ0n) is 16.0. The number of imide groups is 1. The molecule has 4 unspecified atom stereocenters. The van der Waals surface area contributed by atoms with Crippen molar-refractivity contribution in [3.63, 3.8) is 0 Å². The highest BCUT2D eigenvalue weighted by Gasteiger charge is 2.72. The molecule has 1 aromatic rings. The second-order valence-corrected chi connectivity index (χ2v) is 7.03. The van der Waals surface area contributed by atoms with Gasteiger partial charge in [-0.3, -0.25) is 19.2 Å². The van der Waals surface area contributed by atoms with Crippen LogP contribution in [0, 0.1) is 11.8 Å². The van der Waals surface area contributed by atoms with Crippen LogP contribution in [0.5, 0.6) is 5.75 Å². The van der Waals surface area contributed by atoms with Gasteiger partial charge in [-0.25, -0.2) is 4.90 Å². The molecule has 2 saturated heterocycles. The molecule has 0 radical (unpaired) electrons. The highest BCUT2D eigenvalue weighted by Crippen LogP contribution is 2.55. The van der Waals surface area contributed by atoms with Crippen molar-refractivity contribution in [1.29, 1.82) is 0 Å². The van der Waals surface area contributed by atoms with E-state index in [4.69, 9.17) is 18.9 Å². The highest BCUT2D eigenvalue weighted by molar-refractivity contribution is 6.24. The topological polar surface area (TPSA) is 108 Å². The summed E-state index contributed by atoms with van der Waals surface area (Å²) in [6.07, 6.45) is 0.956. The van der Waals surface area contributed by atoms with Crippen LogP contribution in [-0.4, -0.2) is 48.9 Å². The van der Waals surface area contributed by atoms with Gasteiger partial charge in [0.05, 0.1) is 30.7 Å². The Labute approximate surface area is 166 Å². The Hall–Kier alpha value is -3.20. The number of fused-ring (bicyclic) bond motifs is 5. The van der Waals surface area contributed by atoms with Crippen molar-refractivity contribution in [2.45, 2.75) is 31.8 Å². The van der Waals surface area contributed by atoms with Gasteiger partial charge >= 0.3 is 11.9 Å². The Morgan fingerprint density at radius 2 is 1.76 bits per heavy atom. The molecular formula is C20H19NO8. The quantitative estimate of drug-likeness (QED) is 0.311. The second kappa shape index (κ2) is 6.70. The molecule has 3 heterocycles. The average molecular weight is 401 g/mol. The van der Waals surface area contributed by atoms with Crippen molar-refractivity contribution >= 4 is 29.4 Å². The molecule has 0 aliphatic carbocycles. The lowest BCUT2D eigenvalue weighted by Gasteiger charge is -2.34. The Balaban J connectivity index is 1.77. The summed E-state index contributed by atoms with van der Waals surface area (Å²) in [7, 11) is 1.44. The molecule has 0 aromatic heterocycles. The first-order valence-corrected chi connectivity index (χ1v) is 9.02. The van der Waals surface area contributed by atoms with E-state index < -0.39 is 53.6 Å². The number of para-hydroxylation sites is 2. The fourth-order valence-corrected chi connectivity index (χ4v) is 4.27. The first-order valence-electron chi connectivity index (χ1n) is 9.02. The van der Waals surface area contributed by atoms with E-state index in [0.717, 1.165) is 18.7 Å². The van der Waals surface area contributed by atoms with Gasteiger partial charge in [0.25, 0.3) is 6.29 Å². The zero-order chi connectivity index (χ0) is 20.9. The molecule has 0 saturated carbocycles. The molecule has 3 aliphatic rings. The highest BCUT2D eigenvalue weighted by atomic mass is 16.7. The molecule has 0 spiro atoms. The summed E-state index contributed by atoms with van der Waals surface area (Å²) in [5.41, 5.74) is -1.26. The maximum Gasteiger partial charge on any atom is 0.305 e. The molecule has 1 aromatic carbocycles. The molecule has 9 heteroatoms. The van der Waals surface area contributed by atoms with E-state index in [-0.39, 0.29) is 0 Å². The number of ether oxygens (including phenoxy) is 4. The van der Waals surface area contributed by atoms with Crippen LogP contribution in [0.25, 0.3) is 0 Å². The SMILES string of the molecule is COc1ccccc1N1C(=O)C2C3C=CC(C(OC(C)=O)OC(C)=O)(O3)C2C1=O. The second-order valence-electron chi connectivity index (χ2n) is 7.03. The van der Waals surface area contributed by atoms with Gasteiger partial charge in [-0.1, -0.05) is 18.2 Å². The van der Waals surface area contributed by atoms with Crippen molar-refractivity contribution in [2.75, 3.05) is 12.0 Å². The molecule has 4 rings (SSSR count). The van der Waals surface area contributed by atoms with Gasteiger partial charge in [-0.05, 0) is 18.2 Å². The maximum absolute atomic E-state index is 13.4. The zero-order valence-corrected chi connectivity index (χ0v) is 16.0. The fraction of sp³-hybridized carbons (Fsp3) is 0.400. The summed E-state index contributed by atoms with van der Waals surface area (Å²) in [6.45, 7) is 2.30. The maximum atomic E-state index is 13.4. The van der Waals surface area contributed by atoms with Crippen LogP contribution in [0.3, 0.4) is 0 Å². The van der Waals surface area contributed by atoms with E-state index >= 15 is 0 Å². The first kappa shape index (κ1) is 19.1. The number of esters is 2. The number of rotatable bonds is 5. The van der Waals surface area contributed by atoms with Crippen molar-refractivity contribution < 1.29 is 38.1 Å². The van der Waals surface area contributed by atoms with Crippen LogP contribution >= 0.6 is 0 Å². The predicted octanol–water partition coefficient (Wildman–Crippen LogP) is 0.960. The average Bonchev–Trinajstić information content (AvgIpc) is 3.32. The number of amides is 2. The number of benzene rings is 1. The molecule has 2 amide bonds. The number of anilines is 1. The summed E-state index contributed by atoms with van der Waals surface area (Å²) in [6, 6.07) is 6.66. The Morgan fingerprint density at radius 3 is 2.38 bits per heavy atom. The molecule has 4 atom stereocenters. The van der Waals surface area contributed by atoms with Crippen LogP contribution in [-0.2, 0) is 33.4 Å². The summed E-state index contributed by atoms with van der Waals surface area (Å²) in [4.78, 5) is 50.8. The van der Waals surface area contributed by atoms with Gasteiger partial charge in [-0.2, -0.15) is 0 Å². The van der Waals surface area contributed by atoms with Gasteiger partial charge < -0.3 is 18.9 Å². The molecule has 152 valence electrons. The Kier molecular flexibility index (Phi) is 4.42. The Morgan fingerprint density at radius 1 is 1.10 bits per heavy atom. The van der Waals surface area contributed by atoms with E-state index in [0.29, 0.717) is 11.4 Å². The summed E-state index contributed by atoms with van der Waals surface area (Å²) in [5.74, 6) is -3.91. The van der Waals surface area contributed by atoms with Crippen molar-refractivity contribution in [1.82, 2.24) is 0 Å². The third-order valence-corrected chi connectivity index (χ3v) is 5.32. The molecule has 29 heavy (non-hydrogen) atoms. The van der Waals surface area contributed by atoms with E-state index in [1.807, 2.05) is 0 Å². The molecule has 3 aliphatic heterocycles. The monoisotopic (exact) mass is 401 g/mol. The van der Waals surface area contributed by atoms with Crippen LogP contribution < -0.4 is 9.64 Å². The standard InChI is InChI=1S/C20H19NO8/c1-10(22)27-19(28-11(2)23)20-9-8-14(29-20)15-16(20)18(25)21(17(15)24)12-6-4-5-7-13(12)26-3/h4-9,14-16,19H,1-3H3. The minimum atomic E-state index is -1.57. The van der Waals surface area contributed by atoms with Crippen LogP contribution in [0.4, 0.5) is 5.69 Å². The normalized spacial score (nSPS) is 29.4. The number of hydrogen-bond acceptors (Lipinski definition) is 8. The largest absolute Gasteiger partial charge is 0.495 e. The lowest BCUT2D eigenvalue weighted by Crippen LogP contribution is -2.52. The molecule has 2 bridgehead atoms. The van der Waals surface area contributed by atoms with Crippen LogP contribution in [0.2, 0.25) is 0 Å². The molecule has 9 nitrogen and oxygen atoms in total. The smallest absolute Gasteiger partial charge is 0.305 e. The summed E-state index contributed by atoms with van der Waals surface area (Å²) >= 11 is 0. The number of methoxy groups -OCH3 is 1.